The lowest BCUT2D eigenvalue weighted by atomic mass is 9.84. The molecular weight excluding hydrogens is 418 g/mol. The number of carbonyl (C=O) groups is 2. The van der Waals surface area contributed by atoms with Crippen LogP contribution in [0.1, 0.15) is 33.8 Å². The fourth-order valence-electron chi connectivity index (χ4n) is 4.21. The van der Waals surface area contributed by atoms with Gasteiger partial charge in [-0.15, -0.1) is 0 Å². The Kier molecular flexibility index (Phi) is 5.14. The van der Waals surface area contributed by atoms with E-state index < -0.39 is 5.97 Å². The van der Waals surface area contributed by atoms with Gasteiger partial charge in [0.2, 0.25) is 5.91 Å². The van der Waals surface area contributed by atoms with Gasteiger partial charge in [-0.1, -0.05) is 42.5 Å². The summed E-state index contributed by atoms with van der Waals surface area (Å²) in [5.74, 6) is -0.0325. The molecule has 0 spiro atoms. The van der Waals surface area contributed by atoms with Crippen molar-refractivity contribution >= 4 is 17.7 Å². The molecule has 0 fully saturated rings. The smallest absolute Gasteiger partial charge is 0.335 e. The lowest BCUT2D eigenvalue weighted by Crippen LogP contribution is -2.25. The number of aromatic carboxylic acids is 1. The minimum Gasteiger partial charge on any atom is -0.497 e. The number of nitrogens with one attached hydrogen (secondary N) is 1. The van der Waals surface area contributed by atoms with E-state index in [1.165, 1.54) is 0 Å². The van der Waals surface area contributed by atoms with Crippen molar-refractivity contribution in [3.63, 3.8) is 0 Å². The van der Waals surface area contributed by atoms with Crippen molar-refractivity contribution in [2.75, 3.05) is 12.4 Å². The molecule has 164 valence electrons. The number of hydrogen-bond donors (Lipinski definition) is 2. The predicted molar refractivity (Wildman–Crippen MR) is 124 cm³/mol. The van der Waals surface area contributed by atoms with Gasteiger partial charge in [0, 0.05) is 23.5 Å². The first-order valence-corrected chi connectivity index (χ1v) is 10.5. The molecular formula is C26H21N3O4. The molecule has 3 aromatic carbocycles. The molecule has 1 atom stereocenters. The number of ether oxygens (including phenoxy) is 1. The monoisotopic (exact) mass is 439 g/mol. The largest absolute Gasteiger partial charge is 0.497 e. The summed E-state index contributed by atoms with van der Waals surface area (Å²) in [7, 11) is 1.61. The molecule has 7 heteroatoms. The van der Waals surface area contributed by atoms with E-state index in [0.29, 0.717) is 5.82 Å². The van der Waals surface area contributed by atoms with Crippen LogP contribution in [-0.4, -0.2) is 33.9 Å². The third kappa shape index (κ3) is 3.74. The van der Waals surface area contributed by atoms with Crippen LogP contribution in [0.3, 0.4) is 0 Å². The summed E-state index contributed by atoms with van der Waals surface area (Å²) in [5, 5.41) is 17.2. The van der Waals surface area contributed by atoms with Gasteiger partial charge >= 0.3 is 5.97 Å². The second kappa shape index (κ2) is 8.27. The Morgan fingerprint density at radius 2 is 1.73 bits per heavy atom. The quantitative estimate of drug-likeness (QED) is 0.469. The number of benzene rings is 3. The minimum atomic E-state index is -0.985. The molecule has 7 nitrogen and oxygen atoms in total. The summed E-state index contributed by atoms with van der Waals surface area (Å²) < 4.78 is 7.01. The highest BCUT2D eigenvalue weighted by molar-refractivity contribution is 5.97. The first kappa shape index (κ1) is 20.5. The van der Waals surface area contributed by atoms with Crippen LogP contribution in [0.5, 0.6) is 5.75 Å². The van der Waals surface area contributed by atoms with E-state index in [1.54, 1.807) is 36.1 Å². The first-order valence-electron chi connectivity index (χ1n) is 10.5. The number of carboxylic acid groups (broad SMARTS) is 1. The fraction of sp³-hybridized carbons (Fsp3) is 0.115. The molecule has 0 aliphatic carbocycles. The van der Waals surface area contributed by atoms with Gasteiger partial charge in [-0.2, -0.15) is 5.10 Å². The molecule has 5 rings (SSSR count). The molecule has 0 saturated carbocycles. The van der Waals surface area contributed by atoms with Crippen molar-refractivity contribution in [3.05, 3.63) is 95.6 Å². The van der Waals surface area contributed by atoms with Crippen LogP contribution < -0.4 is 10.1 Å². The van der Waals surface area contributed by atoms with Crippen LogP contribution in [0.25, 0.3) is 16.9 Å². The van der Waals surface area contributed by atoms with Gasteiger partial charge in [-0.05, 0) is 42.0 Å². The predicted octanol–water partition coefficient (Wildman–Crippen LogP) is 4.72. The summed E-state index contributed by atoms with van der Waals surface area (Å²) in [5.41, 5.74) is 4.47. The molecule has 0 unspecified atom stereocenters. The molecule has 2 N–H and O–H groups in total. The van der Waals surface area contributed by atoms with E-state index in [2.05, 4.69) is 5.32 Å². The van der Waals surface area contributed by atoms with Crippen LogP contribution in [0.4, 0.5) is 5.82 Å². The van der Waals surface area contributed by atoms with E-state index in [4.69, 9.17) is 9.84 Å². The second-order valence-electron chi connectivity index (χ2n) is 7.82. The highest BCUT2D eigenvalue weighted by Gasteiger charge is 2.34. The third-order valence-corrected chi connectivity index (χ3v) is 5.84. The van der Waals surface area contributed by atoms with E-state index in [9.17, 15) is 14.7 Å². The molecule has 1 aliphatic rings. The SMILES string of the molecule is COc1ccc(-n2nc(-c3ccccc3)c3c2NC(=O)C[C@@H]3c2ccc(C(=O)O)cc2)cc1. The Morgan fingerprint density at radius 1 is 1.03 bits per heavy atom. The van der Waals surface area contributed by atoms with Crippen LogP contribution in [-0.2, 0) is 4.79 Å². The Labute approximate surface area is 190 Å². The molecule has 2 heterocycles. The number of methoxy groups -OCH3 is 1. The number of carboxylic acids is 1. The van der Waals surface area contributed by atoms with E-state index in [-0.39, 0.29) is 23.8 Å². The molecule has 1 aromatic heterocycles. The Hall–Kier alpha value is -4.39. The highest BCUT2D eigenvalue weighted by atomic mass is 16.5. The van der Waals surface area contributed by atoms with Gasteiger partial charge in [0.1, 0.15) is 11.6 Å². The molecule has 0 saturated heterocycles. The number of amides is 1. The number of rotatable bonds is 5. The topological polar surface area (TPSA) is 93.5 Å². The van der Waals surface area contributed by atoms with Crippen LogP contribution in [0, 0.1) is 0 Å². The summed E-state index contributed by atoms with van der Waals surface area (Å²) in [6, 6.07) is 24.0. The lowest BCUT2D eigenvalue weighted by Gasteiger charge is -2.25. The molecule has 0 bridgehead atoms. The van der Waals surface area contributed by atoms with Gasteiger partial charge in [0.25, 0.3) is 0 Å². The maximum Gasteiger partial charge on any atom is 0.335 e. The highest BCUT2D eigenvalue weighted by Crippen LogP contribution is 2.44. The van der Waals surface area contributed by atoms with Gasteiger partial charge < -0.3 is 15.2 Å². The minimum absolute atomic E-state index is 0.121. The van der Waals surface area contributed by atoms with Crippen molar-refractivity contribution in [2.45, 2.75) is 12.3 Å². The third-order valence-electron chi connectivity index (χ3n) is 5.84. The Bertz CT molecular complexity index is 1330. The lowest BCUT2D eigenvalue weighted by molar-refractivity contribution is -0.116. The van der Waals surface area contributed by atoms with Gasteiger partial charge in [0.05, 0.1) is 24.1 Å². The zero-order chi connectivity index (χ0) is 22.9. The molecule has 4 aromatic rings. The van der Waals surface area contributed by atoms with Crippen molar-refractivity contribution in [2.24, 2.45) is 0 Å². The van der Waals surface area contributed by atoms with Crippen LogP contribution in [0.2, 0.25) is 0 Å². The first-order chi connectivity index (χ1) is 16.0. The number of fused-ring (bicyclic) bond motifs is 1. The Balaban J connectivity index is 1.71. The van der Waals surface area contributed by atoms with Crippen molar-refractivity contribution < 1.29 is 19.4 Å². The number of aromatic nitrogens is 2. The number of anilines is 1. The molecule has 1 aliphatic heterocycles. The fourth-order valence-corrected chi connectivity index (χ4v) is 4.21. The number of carbonyl (C=O) groups excluding carboxylic acids is 1. The van der Waals surface area contributed by atoms with Gasteiger partial charge in [-0.25, -0.2) is 9.48 Å². The maximum atomic E-state index is 12.7. The van der Waals surface area contributed by atoms with E-state index in [1.807, 2.05) is 54.6 Å². The van der Waals surface area contributed by atoms with E-state index in [0.717, 1.165) is 33.8 Å². The number of hydrogen-bond acceptors (Lipinski definition) is 4. The summed E-state index contributed by atoms with van der Waals surface area (Å²) in [4.78, 5) is 24.0. The summed E-state index contributed by atoms with van der Waals surface area (Å²) in [6.45, 7) is 0. The average Bonchev–Trinajstić information content (AvgIpc) is 3.23. The second-order valence-corrected chi connectivity index (χ2v) is 7.82. The zero-order valence-electron chi connectivity index (χ0n) is 17.9. The average molecular weight is 439 g/mol. The maximum absolute atomic E-state index is 12.7. The van der Waals surface area contributed by atoms with Crippen LogP contribution >= 0.6 is 0 Å². The van der Waals surface area contributed by atoms with Gasteiger partial charge in [0.15, 0.2) is 0 Å². The summed E-state index contributed by atoms with van der Waals surface area (Å²) in [6.07, 6.45) is 0.244. The zero-order valence-corrected chi connectivity index (χ0v) is 17.9. The number of nitrogens with zero attached hydrogens (tertiary/aromatic N) is 2. The molecule has 0 radical (unpaired) electrons. The van der Waals surface area contributed by atoms with E-state index >= 15 is 0 Å². The normalized spacial score (nSPS) is 14.9. The molecule has 1 amide bonds. The van der Waals surface area contributed by atoms with Crippen molar-refractivity contribution in [1.29, 1.82) is 0 Å². The van der Waals surface area contributed by atoms with Crippen molar-refractivity contribution in [1.82, 2.24) is 9.78 Å². The van der Waals surface area contributed by atoms with Gasteiger partial charge in [-0.3, -0.25) is 4.79 Å². The van der Waals surface area contributed by atoms with Crippen molar-refractivity contribution in [3.8, 4) is 22.7 Å². The Morgan fingerprint density at radius 3 is 2.36 bits per heavy atom. The summed E-state index contributed by atoms with van der Waals surface area (Å²) >= 11 is 0. The standard InChI is InChI=1S/C26H21N3O4/c1-33-20-13-11-19(12-14-20)29-25-23(24(28-29)17-5-3-2-4-6-17)21(15-22(30)27-25)16-7-9-18(10-8-16)26(31)32/h2-14,21H,15H2,1H3,(H,27,30)(H,31,32)/t21-/m1/s1. The van der Waals surface area contributed by atoms with Crippen LogP contribution in [0.15, 0.2) is 78.9 Å². The molecule has 33 heavy (non-hydrogen) atoms.